The molecule has 1 unspecified atom stereocenters. The van der Waals surface area contributed by atoms with E-state index in [1.54, 1.807) is 5.56 Å². The number of benzene rings is 1. The Labute approximate surface area is 151 Å². The third-order valence-corrected chi connectivity index (χ3v) is 6.49. The van der Waals surface area contributed by atoms with E-state index in [2.05, 4.69) is 45.0 Å². The first-order chi connectivity index (χ1) is 11.8. The van der Waals surface area contributed by atoms with E-state index in [0.29, 0.717) is 0 Å². The molecule has 0 spiro atoms. The minimum Gasteiger partial charge on any atom is -0.0651 e. The molecule has 1 aliphatic rings. The zero-order valence-electron chi connectivity index (χ0n) is 16.5. The first-order valence-corrected chi connectivity index (χ1v) is 10.9. The molecule has 0 heterocycles. The Bertz CT molecular complexity index is 420. The van der Waals surface area contributed by atoms with Crippen LogP contribution < -0.4 is 0 Å². The van der Waals surface area contributed by atoms with E-state index < -0.39 is 0 Å². The summed E-state index contributed by atoms with van der Waals surface area (Å²) in [4.78, 5) is 0. The van der Waals surface area contributed by atoms with Gasteiger partial charge in [0.1, 0.15) is 0 Å². The van der Waals surface area contributed by atoms with E-state index in [-0.39, 0.29) is 0 Å². The van der Waals surface area contributed by atoms with Crippen LogP contribution in [0.1, 0.15) is 108 Å². The van der Waals surface area contributed by atoms with Crippen LogP contribution in [0, 0.1) is 11.8 Å². The summed E-state index contributed by atoms with van der Waals surface area (Å²) >= 11 is 0. The molecule has 0 aliphatic heterocycles. The van der Waals surface area contributed by atoms with Crippen LogP contribution in [0.5, 0.6) is 0 Å². The highest BCUT2D eigenvalue weighted by atomic mass is 14.2. The van der Waals surface area contributed by atoms with Crippen LogP contribution in [0.4, 0.5) is 0 Å². The third-order valence-electron chi connectivity index (χ3n) is 6.49. The van der Waals surface area contributed by atoms with Crippen molar-refractivity contribution in [2.75, 3.05) is 0 Å². The Kier molecular flexibility index (Phi) is 8.92. The van der Waals surface area contributed by atoms with Crippen molar-refractivity contribution in [1.29, 1.82) is 0 Å². The first kappa shape index (κ1) is 19.5. The van der Waals surface area contributed by atoms with Gasteiger partial charge in [-0.2, -0.15) is 0 Å². The molecule has 1 saturated carbocycles. The second-order valence-corrected chi connectivity index (χ2v) is 8.17. The zero-order chi connectivity index (χ0) is 17.2. The fourth-order valence-electron chi connectivity index (χ4n) is 4.64. The van der Waals surface area contributed by atoms with Crippen molar-refractivity contribution in [3.05, 3.63) is 35.4 Å². The maximum absolute atomic E-state index is 2.40. The Morgan fingerprint density at radius 3 is 2.12 bits per heavy atom. The first-order valence-electron chi connectivity index (χ1n) is 10.9. The maximum Gasteiger partial charge on any atom is -0.0167 e. The molecule has 0 saturated heterocycles. The lowest BCUT2D eigenvalue weighted by atomic mass is 9.83. The predicted molar refractivity (Wildman–Crippen MR) is 108 cm³/mol. The van der Waals surface area contributed by atoms with Gasteiger partial charge in [-0.1, -0.05) is 103 Å². The number of rotatable bonds is 10. The molecule has 1 aromatic carbocycles. The molecule has 0 nitrogen and oxygen atoms in total. The highest BCUT2D eigenvalue weighted by Crippen LogP contribution is 2.29. The van der Waals surface area contributed by atoms with Gasteiger partial charge in [0.15, 0.2) is 0 Å². The van der Waals surface area contributed by atoms with Gasteiger partial charge >= 0.3 is 0 Å². The topological polar surface area (TPSA) is 0 Å². The molecule has 1 aromatic rings. The average molecular weight is 329 g/mol. The van der Waals surface area contributed by atoms with Crippen molar-refractivity contribution in [2.45, 2.75) is 104 Å². The molecule has 0 amide bonds. The molecule has 0 bridgehead atoms. The fourth-order valence-corrected chi connectivity index (χ4v) is 4.64. The summed E-state index contributed by atoms with van der Waals surface area (Å²) in [5.74, 6) is 2.68. The summed E-state index contributed by atoms with van der Waals surface area (Å²) in [5, 5.41) is 0. The Morgan fingerprint density at radius 2 is 1.54 bits per heavy atom. The van der Waals surface area contributed by atoms with Crippen molar-refractivity contribution in [3.8, 4) is 0 Å². The van der Waals surface area contributed by atoms with E-state index in [1.165, 1.54) is 82.6 Å². The molecule has 0 heteroatoms. The SMILES string of the molecule is CCC(CCCC1CCCCC1)Cc1ccc(C(CC)CC)cc1. The predicted octanol–water partition coefficient (Wildman–Crippen LogP) is 7.91. The van der Waals surface area contributed by atoms with Crippen LogP contribution in [0.2, 0.25) is 0 Å². The van der Waals surface area contributed by atoms with Gasteiger partial charge in [-0.3, -0.25) is 0 Å². The molecule has 0 aromatic heterocycles. The van der Waals surface area contributed by atoms with Crippen molar-refractivity contribution >= 4 is 0 Å². The number of hydrogen-bond donors (Lipinski definition) is 0. The summed E-state index contributed by atoms with van der Waals surface area (Å²) < 4.78 is 0. The van der Waals surface area contributed by atoms with Crippen LogP contribution in [-0.2, 0) is 6.42 Å². The van der Waals surface area contributed by atoms with Gasteiger partial charge in [0, 0.05) is 0 Å². The highest BCUT2D eigenvalue weighted by molar-refractivity contribution is 5.25. The van der Waals surface area contributed by atoms with Gasteiger partial charge in [0.25, 0.3) is 0 Å². The van der Waals surface area contributed by atoms with E-state index >= 15 is 0 Å². The van der Waals surface area contributed by atoms with Gasteiger partial charge < -0.3 is 0 Å². The van der Waals surface area contributed by atoms with Gasteiger partial charge in [-0.05, 0) is 48.1 Å². The van der Waals surface area contributed by atoms with Crippen molar-refractivity contribution in [2.24, 2.45) is 11.8 Å². The molecular formula is C24H40. The van der Waals surface area contributed by atoms with Crippen molar-refractivity contribution in [1.82, 2.24) is 0 Å². The second-order valence-electron chi connectivity index (χ2n) is 8.17. The van der Waals surface area contributed by atoms with E-state index in [4.69, 9.17) is 0 Å². The summed E-state index contributed by atoms with van der Waals surface area (Å²) in [6.45, 7) is 6.99. The van der Waals surface area contributed by atoms with E-state index in [1.807, 2.05) is 0 Å². The summed E-state index contributed by atoms with van der Waals surface area (Å²) in [6, 6.07) is 9.58. The van der Waals surface area contributed by atoms with Gasteiger partial charge in [0.2, 0.25) is 0 Å². The van der Waals surface area contributed by atoms with Crippen LogP contribution >= 0.6 is 0 Å². The lowest BCUT2D eigenvalue weighted by Crippen LogP contribution is -2.08. The van der Waals surface area contributed by atoms with Gasteiger partial charge in [0.05, 0.1) is 0 Å². The lowest BCUT2D eigenvalue weighted by molar-refractivity contribution is 0.316. The Morgan fingerprint density at radius 1 is 0.875 bits per heavy atom. The molecule has 1 atom stereocenters. The van der Waals surface area contributed by atoms with Crippen LogP contribution in [-0.4, -0.2) is 0 Å². The van der Waals surface area contributed by atoms with Gasteiger partial charge in [-0.15, -0.1) is 0 Å². The summed E-state index contributed by atoms with van der Waals surface area (Å²) in [7, 11) is 0. The summed E-state index contributed by atoms with van der Waals surface area (Å²) in [6.07, 6.45) is 17.0. The quantitative estimate of drug-likeness (QED) is 0.409. The van der Waals surface area contributed by atoms with Gasteiger partial charge in [-0.25, -0.2) is 0 Å². The molecule has 0 N–H and O–H groups in total. The molecule has 1 fully saturated rings. The molecule has 0 radical (unpaired) electrons. The minimum absolute atomic E-state index is 0.747. The Balaban J connectivity index is 1.76. The molecule has 136 valence electrons. The van der Waals surface area contributed by atoms with E-state index in [0.717, 1.165) is 17.8 Å². The van der Waals surface area contributed by atoms with Crippen LogP contribution in [0.15, 0.2) is 24.3 Å². The number of hydrogen-bond acceptors (Lipinski definition) is 0. The average Bonchev–Trinajstić information content (AvgIpc) is 2.64. The highest BCUT2D eigenvalue weighted by Gasteiger charge is 2.15. The fraction of sp³-hybridized carbons (Fsp3) is 0.750. The largest absolute Gasteiger partial charge is 0.0651 e. The molecule has 2 rings (SSSR count). The van der Waals surface area contributed by atoms with Crippen molar-refractivity contribution < 1.29 is 0 Å². The monoisotopic (exact) mass is 328 g/mol. The normalized spacial score (nSPS) is 17.3. The van der Waals surface area contributed by atoms with E-state index in [9.17, 15) is 0 Å². The Hall–Kier alpha value is -0.780. The third kappa shape index (κ3) is 6.26. The molecule has 24 heavy (non-hydrogen) atoms. The zero-order valence-corrected chi connectivity index (χ0v) is 16.5. The lowest BCUT2D eigenvalue weighted by Gasteiger charge is -2.22. The molecular weight excluding hydrogens is 288 g/mol. The second kappa shape index (κ2) is 11.0. The summed E-state index contributed by atoms with van der Waals surface area (Å²) in [5.41, 5.74) is 3.09. The standard InChI is InChI=1S/C24H40/c1-4-20(13-10-14-21-11-8-7-9-12-21)19-22-15-17-24(18-16-22)23(5-2)6-3/h15-18,20-21,23H,4-14,19H2,1-3H3. The molecule has 1 aliphatic carbocycles. The minimum atomic E-state index is 0.747. The van der Waals surface area contributed by atoms with Crippen molar-refractivity contribution in [3.63, 3.8) is 0 Å². The smallest absolute Gasteiger partial charge is 0.0167 e. The van der Waals surface area contributed by atoms with Crippen LogP contribution in [0.25, 0.3) is 0 Å². The van der Waals surface area contributed by atoms with Crippen LogP contribution in [0.3, 0.4) is 0 Å². The maximum atomic E-state index is 2.40.